The predicted octanol–water partition coefficient (Wildman–Crippen LogP) is 3.07. The molecule has 0 spiro atoms. The number of hydrogen-bond acceptors (Lipinski definition) is 3. The van der Waals surface area contributed by atoms with Gasteiger partial charge in [-0.25, -0.2) is 4.39 Å². The maximum absolute atomic E-state index is 12.9. The molecule has 154 valence electrons. The molecule has 1 fully saturated rings. The number of nitrogens with zero attached hydrogens (tertiary/aromatic N) is 1. The topological polar surface area (TPSA) is 61.4 Å². The van der Waals surface area contributed by atoms with E-state index in [2.05, 4.69) is 41.8 Å². The molecule has 2 aromatic carbocycles. The molecule has 0 aliphatic carbocycles. The maximum Gasteiger partial charge on any atom is 0.251 e. The molecule has 2 amide bonds. The molecule has 2 N–H and O–H groups in total. The molecule has 1 aliphatic rings. The van der Waals surface area contributed by atoms with Crippen LogP contribution in [0.15, 0.2) is 48.5 Å². The monoisotopic (exact) mass is 397 g/mol. The van der Waals surface area contributed by atoms with Crippen LogP contribution in [0.3, 0.4) is 0 Å². The van der Waals surface area contributed by atoms with Crippen molar-refractivity contribution < 1.29 is 14.0 Å². The van der Waals surface area contributed by atoms with E-state index < -0.39 is 0 Å². The van der Waals surface area contributed by atoms with Gasteiger partial charge in [0.25, 0.3) is 5.91 Å². The molecule has 29 heavy (non-hydrogen) atoms. The van der Waals surface area contributed by atoms with Crippen molar-refractivity contribution >= 4 is 11.8 Å². The van der Waals surface area contributed by atoms with Crippen LogP contribution in [0.1, 0.15) is 47.3 Å². The fourth-order valence-electron chi connectivity index (χ4n) is 3.56. The molecule has 1 heterocycles. The maximum atomic E-state index is 12.9. The van der Waals surface area contributed by atoms with E-state index in [4.69, 9.17) is 0 Å². The Morgan fingerprint density at radius 2 is 1.86 bits per heavy atom. The largest absolute Gasteiger partial charge is 0.352 e. The average molecular weight is 397 g/mol. The number of piperazine rings is 1. The van der Waals surface area contributed by atoms with Crippen LogP contribution >= 0.6 is 0 Å². The highest BCUT2D eigenvalue weighted by atomic mass is 19.1. The van der Waals surface area contributed by atoms with Gasteiger partial charge < -0.3 is 15.5 Å². The number of rotatable bonds is 7. The zero-order chi connectivity index (χ0) is 20.6. The quantitative estimate of drug-likeness (QED) is 0.706. The summed E-state index contributed by atoms with van der Waals surface area (Å²) in [5.74, 6) is -0.525. The molecule has 5 nitrogen and oxygen atoms in total. The first-order valence-electron chi connectivity index (χ1n) is 10.2. The van der Waals surface area contributed by atoms with Crippen LogP contribution in [-0.2, 0) is 11.2 Å². The number of halogens is 1. The molecule has 0 radical (unpaired) electrons. The summed E-state index contributed by atoms with van der Waals surface area (Å²) in [5, 5.41) is 6.16. The van der Waals surface area contributed by atoms with Crippen molar-refractivity contribution in [3.8, 4) is 0 Å². The van der Waals surface area contributed by atoms with Gasteiger partial charge in [-0.05, 0) is 48.2 Å². The molecule has 0 aromatic heterocycles. The Kier molecular flexibility index (Phi) is 7.36. The lowest BCUT2D eigenvalue weighted by molar-refractivity contribution is -0.134. The molecular formula is C23H28FN3O2. The molecule has 1 saturated heterocycles. The number of carbonyl (C=O) groups excluding carboxylic acids is 2. The Bertz CT molecular complexity index is 821. The van der Waals surface area contributed by atoms with Gasteiger partial charge in [0.1, 0.15) is 5.82 Å². The molecule has 3 rings (SSSR count). The molecule has 1 unspecified atom stereocenters. The van der Waals surface area contributed by atoms with Crippen molar-refractivity contribution in [2.45, 2.75) is 32.2 Å². The number of aryl methyl sites for hydroxylation is 1. The summed E-state index contributed by atoms with van der Waals surface area (Å²) in [6.07, 6.45) is 1.94. The van der Waals surface area contributed by atoms with Crippen LogP contribution < -0.4 is 10.6 Å². The van der Waals surface area contributed by atoms with E-state index in [-0.39, 0.29) is 23.7 Å². The van der Waals surface area contributed by atoms with E-state index in [0.29, 0.717) is 31.5 Å². The van der Waals surface area contributed by atoms with E-state index in [1.807, 2.05) is 4.90 Å². The number of carbonyl (C=O) groups is 2. The smallest absolute Gasteiger partial charge is 0.251 e. The fourth-order valence-corrected chi connectivity index (χ4v) is 3.56. The predicted molar refractivity (Wildman–Crippen MR) is 111 cm³/mol. The van der Waals surface area contributed by atoms with Gasteiger partial charge in [-0.1, -0.05) is 31.2 Å². The minimum absolute atomic E-state index is 0.0379. The van der Waals surface area contributed by atoms with Crippen molar-refractivity contribution in [1.29, 1.82) is 0 Å². The molecule has 0 saturated carbocycles. The molecule has 0 bridgehead atoms. The van der Waals surface area contributed by atoms with Gasteiger partial charge >= 0.3 is 0 Å². The van der Waals surface area contributed by atoms with Crippen molar-refractivity contribution in [3.63, 3.8) is 0 Å². The van der Waals surface area contributed by atoms with E-state index in [0.717, 1.165) is 25.1 Å². The first kappa shape index (κ1) is 21.0. The Hall–Kier alpha value is -2.73. The Balaban J connectivity index is 1.50. The fraction of sp³-hybridized carbons (Fsp3) is 0.391. The van der Waals surface area contributed by atoms with Gasteiger partial charge in [0, 0.05) is 38.2 Å². The highest BCUT2D eigenvalue weighted by Gasteiger charge is 2.27. The van der Waals surface area contributed by atoms with Crippen molar-refractivity contribution in [2.24, 2.45) is 0 Å². The summed E-state index contributed by atoms with van der Waals surface area (Å²) in [5.41, 5.74) is 2.84. The standard InChI is InChI=1S/C23H28FN3O2/c1-2-17-5-7-18(8-6-17)21-16-25-14-15-27(21)22(28)4-3-13-26-23(29)19-9-11-20(24)12-10-19/h5-12,21,25H,2-4,13-16H2,1H3,(H,26,29). The second kappa shape index (κ2) is 10.2. The van der Waals surface area contributed by atoms with Crippen LogP contribution in [0.5, 0.6) is 0 Å². The zero-order valence-corrected chi connectivity index (χ0v) is 16.8. The van der Waals surface area contributed by atoms with Crippen LogP contribution in [0.2, 0.25) is 0 Å². The van der Waals surface area contributed by atoms with Gasteiger partial charge in [0.15, 0.2) is 0 Å². The summed E-state index contributed by atoms with van der Waals surface area (Å²) >= 11 is 0. The van der Waals surface area contributed by atoms with Crippen molar-refractivity contribution in [2.75, 3.05) is 26.2 Å². The molecular weight excluding hydrogens is 369 g/mol. The molecule has 1 atom stereocenters. The number of benzene rings is 2. The van der Waals surface area contributed by atoms with Crippen LogP contribution in [0, 0.1) is 5.82 Å². The Morgan fingerprint density at radius 3 is 2.55 bits per heavy atom. The van der Waals surface area contributed by atoms with Gasteiger partial charge in [-0.15, -0.1) is 0 Å². The second-order valence-corrected chi connectivity index (χ2v) is 7.27. The lowest BCUT2D eigenvalue weighted by Crippen LogP contribution is -2.48. The Labute approximate surface area is 171 Å². The zero-order valence-electron chi connectivity index (χ0n) is 16.8. The summed E-state index contributed by atoms with van der Waals surface area (Å²) in [6, 6.07) is 13.9. The normalized spacial score (nSPS) is 16.5. The summed E-state index contributed by atoms with van der Waals surface area (Å²) in [4.78, 5) is 26.8. The average Bonchev–Trinajstić information content (AvgIpc) is 2.77. The van der Waals surface area contributed by atoms with E-state index in [1.165, 1.54) is 29.8 Å². The first-order valence-corrected chi connectivity index (χ1v) is 10.2. The summed E-state index contributed by atoms with van der Waals surface area (Å²) in [6.45, 7) is 4.75. The van der Waals surface area contributed by atoms with Crippen LogP contribution in [0.25, 0.3) is 0 Å². The third-order valence-corrected chi connectivity index (χ3v) is 5.30. The summed E-state index contributed by atoms with van der Waals surface area (Å²) < 4.78 is 12.9. The van der Waals surface area contributed by atoms with Gasteiger partial charge in [-0.3, -0.25) is 9.59 Å². The lowest BCUT2D eigenvalue weighted by atomic mass is 10.0. The number of nitrogens with one attached hydrogen (secondary N) is 2. The van der Waals surface area contributed by atoms with E-state index >= 15 is 0 Å². The lowest BCUT2D eigenvalue weighted by Gasteiger charge is -2.36. The van der Waals surface area contributed by atoms with Gasteiger partial charge in [0.05, 0.1) is 6.04 Å². The van der Waals surface area contributed by atoms with Crippen LogP contribution in [0.4, 0.5) is 4.39 Å². The molecule has 1 aliphatic heterocycles. The van der Waals surface area contributed by atoms with Gasteiger partial charge in [-0.2, -0.15) is 0 Å². The van der Waals surface area contributed by atoms with Gasteiger partial charge in [0.2, 0.25) is 5.91 Å². The third-order valence-electron chi connectivity index (χ3n) is 5.30. The molecule has 2 aromatic rings. The highest BCUT2D eigenvalue weighted by Crippen LogP contribution is 2.23. The first-order chi connectivity index (χ1) is 14.1. The number of amides is 2. The van der Waals surface area contributed by atoms with E-state index in [9.17, 15) is 14.0 Å². The highest BCUT2D eigenvalue weighted by molar-refractivity contribution is 5.94. The third kappa shape index (κ3) is 5.64. The van der Waals surface area contributed by atoms with Crippen LogP contribution in [-0.4, -0.2) is 42.9 Å². The Morgan fingerprint density at radius 1 is 1.14 bits per heavy atom. The minimum Gasteiger partial charge on any atom is -0.352 e. The number of hydrogen-bond donors (Lipinski definition) is 2. The van der Waals surface area contributed by atoms with Crippen molar-refractivity contribution in [3.05, 3.63) is 71.0 Å². The van der Waals surface area contributed by atoms with E-state index in [1.54, 1.807) is 0 Å². The second-order valence-electron chi connectivity index (χ2n) is 7.27. The minimum atomic E-state index is -0.373. The SMILES string of the molecule is CCc1ccc(C2CNCCN2C(=O)CCCNC(=O)c2ccc(F)cc2)cc1. The van der Waals surface area contributed by atoms with Crippen molar-refractivity contribution in [1.82, 2.24) is 15.5 Å². The summed E-state index contributed by atoms with van der Waals surface area (Å²) in [7, 11) is 0. The molecule has 6 heteroatoms.